The number of nitrogens with zero attached hydrogens (tertiary/aromatic N) is 2. The van der Waals surface area contributed by atoms with Gasteiger partial charge in [0, 0.05) is 27.4 Å². The molecule has 2 aromatic rings. The van der Waals surface area contributed by atoms with Crippen molar-refractivity contribution in [3.05, 3.63) is 34.0 Å². The van der Waals surface area contributed by atoms with Crippen LogP contribution in [0.5, 0.6) is 0 Å². The van der Waals surface area contributed by atoms with E-state index < -0.39 is 0 Å². The van der Waals surface area contributed by atoms with Crippen molar-refractivity contribution in [2.75, 3.05) is 32.5 Å². The summed E-state index contributed by atoms with van der Waals surface area (Å²) in [5.74, 6) is 0. The number of hydrogen-bond acceptors (Lipinski definition) is 3. The van der Waals surface area contributed by atoms with Crippen molar-refractivity contribution in [3.8, 4) is 0 Å². The molecule has 3 nitrogen and oxygen atoms in total. The summed E-state index contributed by atoms with van der Waals surface area (Å²) in [7, 11) is 4.20. The largest absolute Gasteiger partial charge is 0.384 e. The van der Waals surface area contributed by atoms with Crippen molar-refractivity contribution in [1.29, 1.82) is 0 Å². The molecule has 0 unspecified atom stereocenters. The van der Waals surface area contributed by atoms with E-state index in [0.29, 0.717) is 0 Å². The van der Waals surface area contributed by atoms with Crippen LogP contribution in [-0.2, 0) is 0 Å². The SMILES string of the molecule is CN(C)CCCNc1ccnc2cc([131I])ccc12. The molecule has 4 heteroatoms. The van der Waals surface area contributed by atoms with Crippen molar-refractivity contribution in [2.24, 2.45) is 0 Å². The molecule has 0 spiro atoms. The van der Waals surface area contributed by atoms with Gasteiger partial charge >= 0.3 is 0 Å². The van der Waals surface area contributed by atoms with Crippen LogP contribution in [0.4, 0.5) is 5.69 Å². The molecule has 1 aromatic carbocycles. The fraction of sp³-hybridized carbons (Fsp3) is 0.357. The molecule has 0 bridgehead atoms. The van der Waals surface area contributed by atoms with E-state index in [1.54, 1.807) is 0 Å². The molecule has 0 saturated carbocycles. The van der Waals surface area contributed by atoms with Crippen molar-refractivity contribution in [3.63, 3.8) is 0 Å². The van der Waals surface area contributed by atoms with E-state index in [1.807, 2.05) is 12.3 Å². The highest BCUT2D eigenvalue weighted by Crippen LogP contribution is 2.23. The molecule has 1 aromatic heterocycles. The molecular formula is C14H18IN3. The van der Waals surface area contributed by atoms with Crippen LogP contribution in [0.15, 0.2) is 30.5 Å². The number of nitrogens with one attached hydrogen (secondary N) is 1. The Kier molecular flexibility index (Phi) is 4.77. The van der Waals surface area contributed by atoms with E-state index >= 15 is 0 Å². The van der Waals surface area contributed by atoms with Gasteiger partial charge in [0.05, 0.1) is 5.52 Å². The predicted molar refractivity (Wildman–Crippen MR) is 86.1 cm³/mol. The second-order valence-corrected chi connectivity index (χ2v) is 5.85. The lowest BCUT2D eigenvalue weighted by molar-refractivity contribution is 0.405. The maximum Gasteiger partial charge on any atom is 0.0733 e. The van der Waals surface area contributed by atoms with E-state index in [1.165, 1.54) is 14.6 Å². The van der Waals surface area contributed by atoms with Crippen LogP contribution in [0.1, 0.15) is 6.42 Å². The zero-order chi connectivity index (χ0) is 13.0. The molecule has 1 N–H and O–H groups in total. The van der Waals surface area contributed by atoms with Crippen molar-refractivity contribution >= 4 is 39.2 Å². The summed E-state index contributed by atoms with van der Waals surface area (Å²) in [6.45, 7) is 2.09. The summed E-state index contributed by atoms with van der Waals surface area (Å²) < 4.78 is 1.22. The van der Waals surface area contributed by atoms with Gasteiger partial charge in [-0.15, -0.1) is 0 Å². The van der Waals surface area contributed by atoms with Crippen molar-refractivity contribution < 1.29 is 0 Å². The maximum absolute atomic E-state index is 4.41. The monoisotopic (exact) mass is 359 g/mol. The van der Waals surface area contributed by atoms with Gasteiger partial charge in [-0.25, -0.2) is 0 Å². The third-order valence-corrected chi connectivity index (χ3v) is 3.47. The third-order valence-electron chi connectivity index (χ3n) is 2.80. The van der Waals surface area contributed by atoms with E-state index in [4.69, 9.17) is 0 Å². The van der Waals surface area contributed by atoms with E-state index in [2.05, 4.69) is 70.1 Å². The Balaban J connectivity index is 2.08. The maximum atomic E-state index is 4.41. The highest BCUT2D eigenvalue weighted by molar-refractivity contribution is 14.1. The summed E-state index contributed by atoms with van der Waals surface area (Å²) in [5, 5.41) is 4.69. The zero-order valence-electron chi connectivity index (χ0n) is 10.8. The lowest BCUT2D eigenvalue weighted by Gasteiger charge is -2.12. The lowest BCUT2D eigenvalue weighted by Crippen LogP contribution is -2.16. The third kappa shape index (κ3) is 3.55. The van der Waals surface area contributed by atoms with E-state index in [-0.39, 0.29) is 0 Å². The molecule has 0 fully saturated rings. The zero-order valence-corrected chi connectivity index (χ0v) is 12.9. The van der Waals surface area contributed by atoms with Gasteiger partial charge in [-0.2, -0.15) is 0 Å². The number of hydrogen-bond donors (Lipinski definition) is 1. The Morgan fingerprint density at radius 2 is 2.11 bits per heavy atom. The van der Waals surface area contributed by atoms with Crippen molar-refractivity contribution in [1.82, 2.24) is 9.88 Å². The number of fused-ring (bicyclic) bond motifs is 1. The van der Waals surface area contributed by atoms with Gasteiger partial charge in [0.15, 0.2) is 0 Å². The van der Waals surface area contributed by atoms with Crippen LogP contribution in [0.25, 0.3) is 10.9 Å². The van der Waals surface area contributed by atoms with E-state index in [0.717, 1.165) is 25.0 Å². The standard InChI is InChI=1S/C14H18IN3/c1-18(2)9-3-7-16-13-6-8-17-14-10-11(15)4-5-12(13)14/h4-6,8,10H,3,7,9H2,1-2H3,(H,16,17)/i15+4. The quantitative estimate of drug-likeness (QED) is 0.657. The Morgan fingerprint density at radius 3 is 2.89 bits per heavy atom. The molecule has 0 aliphatic heterocycles. The first-order valence-corrected chi connectivity index (χ1v) is 7.17. The Labute approximate surface area is 122 Å². The van der Waals surface area contributed by atoms with Crippen molar-refractivity contribution in [2.45, 2.75) is 6.42 Å². The van der Waals surface area contributed by atoms with Gasteiger partial charge in [-0.05, 0) is 73.9 Å². The molecule has 1 heterocycles. The van der Waals surface area contributed by atoms with Gasteiger partial charge in [-0.3, -0.25) is 4.98 Å². The summed E-state index contributed by atoms with van der Waals surface area (Å²) in [5.41, 5.74) is 2.23. The molecule has 0 saturated heterocycles. The fourth-order valence-corrected chi connectivity index (χ4v) is 2.37. The van der Waals surface area contributed by atoms with Crippen LogP contribution in [0, 0.1) is 3.57 Å². The summed E-state index contributed by atoms with van der Waals surface area (Å²) >= 11 is 2.32. The average Bonchev–Trinajstić information content (AvgIpc) is 2.34. The molecule has 0 atom stereocenters. The lowest BCUT2D eigenvalue weighted by atomic mass is 10.2. The second-order valence-electron chi connectivity index (χ2n) is 4.60. The van der Waals surface area contributed by atoms with Crippen LogP contribution in [0.3, 0.4) is 0 Å². The molecule has 0 amide bonds. The highest BCUT2D eigenvalue weighted by Gasteiger charge is 2.01. The Morgan fingerprint density at radius 1 is 1.28 bits per heavy atom. The van der Waals surface area contributed by atoms with E-state index in [9.17, 15) is 0 Å². The smallest absolute Gasteiger partial charge is 0.0733 e. The fourth-order valence-electron chi connectivity index (χ4n) is 1.89. The number of rotatable bonds is 5. The first-order chi connectivity index (χ1) is 8.66. The highest BCUT2D eigenvalue weighted by atomic mass is 131. The molecule has 0 aliphatic carbocycles. The van der Waals surface area contributed by atoms with Gasteiger partial charge in [0.1, 0.15) is 0 Å². The van der Waals surface area contributed by atoms with Crippen LogP contribution in [-0.4, -0.2) is 37.1 Å². The number of benzene rings is 1. The Bertz CT molecular complexity index is 525. The van der Waals surface area contributed by atoms with Crippen LogP contribution in [0.2, 0.25) is 0 Å². The summed E-state index contributed by atoms with van der Waals surface area (Å²) in [6.07, 6.45) is 3.01. The second kappa shape index (κ2) is 6.33. The minimum absolute atomic E-state index is 0.989. The average molecular weight is 359 g/mol. The number of anilines is 1. The topological polar surface area (TPSA) is 28.2 Å². The number of aromatic nitrogens is 1. The van der Waals surface area contributed by atoms with Gasteiger partial charge in [-0.1, -0.05) is 0 Å². The molecule has 0 aliphatic rings. The normalized spacial score (nSPS) is 11.1. The van der Waals surface area contributed by atoms with Crippen LogP contribution < -0.4 is 5.32 Å². The number of halogens is 1. The minimum Gasteiger partial charge on any atom is -0.384 e. The molecule has 96 valence electrons. The summed E-state index contributed by atoms with van der Waals surface area (Å²) in [6, 6.07) is 8.42. The minimum atomic E-state index is 0.989. The summed E-state index contributed by atoms with van der Waals surface area (Å²) in [4.78, 5) is 6.61. The Hall–Kier alpha value is -0.880. The molecule has 0 radical (unpaired) electrons. The molecule has 2 rings (SSSR count). The molecular weight excluding hydrogens is 341 g/mol. The van der Waals surface area contributed by atoms with Gasteiger partial charge in [0.2, 0.25) is 0 Å². The number of pyridine rings is 1. The first-order valence-electron chi connectivity index (χ1n) is 6.10. The van der Waals surface area contributed by atoms with Gasteiger partial charge in [0.25, 0.3) is 0 Å². The molecule has 18 heavy (non-hydrogen) atoms. The van der Waals surface area contributed by atoms with Gasteiger partial charge < -0.3 is 10.2 Å². The first kappa shape index (κ1) is 13.5. The predicted octanol–water partition coefficient (Wildman–Crippen LogP) is 3.20. The van der Waals surface area contributed by atoms with Crippen LogP contribution >= 0.6 is 22.6 Å².